The predicted molar refractivity (Wildman–Crippen MR) is 67.7 cm³/mol. The quantitative estimate of drug-likeness (QED) is 0.619. The molecular formula is C13H31N. The third kappa shape index (κ3) is 5.64. The predicted octanol–water partition coefficient (Wildman–Crippen LogP) is 4.04. The zero-order valence-corrected chi connectivity index (χ0v) is 11.6. The maximum Gasteiger partial charge on any atom is 0.00388 e. The van der Waals surface area contributed by atoms with E-state index in [1.165, 1.54) is 13.1 Å². The van der Waals surface area contributed by atoms with E-state index in [0.29, 0.717) is 0 Å². The lowest BCUT2D eigenvalue weighted by molar-refractivity contribution is 0.264. The van der Waals surface area contributed by atoms with E-state index in [4.69, 9.17) is 0 Å². The van der Waals surface area contributed by atoms with Gasteiger partial charge in [-0.05, 0) is 25.7 Å². The molecule has 88 valence electrons. The number of hydrogen-bond acceptors (Lipinski definition) is 1. The zero-order valence-electron chi connectivity index (χ0n) is 11.6. The fourth-order valence-electron chi connectivity index (χ4n) is 1.60. The van der Waals surface area contributed by atoms with Gasteiger partial charge in [-0.2, -0.15) is 0 Å². The lowest BCUT2D eigenvalue weighted by Gasteiger charge is -2.19. The van der Waals surface area contributed by atoms with Gasteiger partial charge in [0, 0.05) is 19.1 Å². The molecule has 1 nitrogen and oxygen atoms in total. The number of nitrogens with zero attached hydrogens (tertiary/aromatic N) is 1. The molecule has 1 fully saturated rings. The maximum atomic E-state index is 2.56. The Morgan fingerprint density at radius 2 is 1.14 bits per heavy atom. The molecule has 0 aromatic heterocycles. The molecule has 0 bridgehead atoms. The number of rotatable bonds is 1. The van der Waals surface area contributed by atoms with Crippen molar-refractivity contribution >= 4 is 0 Å². The molecule has 14 heavy (non-hydrogen) atoms. The fourth-order valence-corrected chi connectivity index (χ4v) is 1.60. The van der Waals surface area contributed by atoms with Crippen LogP contribution in [0.1, 0.15) is 55.4 Å². The molecule has 1 rings (SSSR count). The third-order valence-corrected chi connectivity index (χ3v) is 2.75. The molecule has 0 spiro atoms. The smallest absolute Gasteiger partial charge is 0.00388 e. The van der Waals surface area contributed by atoms with Crippen LogP contribution in [0.3, 0.4) is 0 Å². The van der Waals surface area contributed by atoms with Crippen LogP contribution in [0.5, 0.6) is 0 Å². The molecule has 0 radical (unpaired) electrons. The van der Waals surface area contributed by atoms with Gasteiger partial charge < -0.3 is 4.90 Å². The minimum absolute atomic E-state index is 0.743. The number of likely N-dealkylation sites (tertiary alicyclic amines) is 1. The van der Waals surface area contributed by atoms with Crippen LogP contribution in [0.4, 0.5) is 0 Å². The summed E-state index contributed by atoms with van der Waals surface area (Å²) >= 11 is 0. The van der Waals surface area contributed by atoms with Crippen LogP contribution < -0.4 is 0 Å². The van der Waals surface area contributed by atoms with Gasteiger partial charge in [0.25, 0.3) is 0 Å². The second-order valence-corrected chi connectivity index (χ2v) is 4.00. The lowest BCUT2D eigenvalue weighted by atomic mass is 10.0. The van der Waals surface area contributed by atoms with E-state index < -0.39 is 0 Å². The van der Waals surface area contributed by atoms with Crippen molar-refractivity contribution in [3.05, 3.63) is 0 Å². The molecule has 0 aromatic rings. The van der Waals surface area contributed by atoms with Crippen LogP contribution >= 0.6 is 0 Å². The second kappa shape index (κ2) is 9.51. The summed E-state index contributed by atoms with van der Waals surface area (Å²) in [6.07, 6.45) is 0. The van der Waals surface area contributed by atoms with Crippen molar-refractivity contribution in [2.24, 2.45) is 11.8 Å². The summed E-state index contributed by atoms with van der Waals surface area (Å²) < 4.78 is 0. The summed E-state index contributed by atoms with van der Waals surface area (Å²) in [7, 11) is 0. The largest absolute Gasteiger partial charge is 0.300 e. The van der Waals surface area contributed by atoms with Gasteiger partial charge in [-0.1, -0.05) is 41.5 Å². The summed E-state index contributed by atoms with van der Waals surface area (Å²) in [6.45, 7) is 19.9. The second-order valence-electron chi connectivity index (χ2n) is 4.00. The Hall–Kier alpha value is -0.0400. The highest BCUT2D eigenvalue weighted by Crippen LogP contribution is 2.23. The van der Waals surface area contributed by atoms with E-state index in [2.05, 4.69) is 32.6 Å². The minimum Gasteiger partial charge on any atom is -0.300 e. The topological polar surface area (TPSA) is 3.24 Å². The fraction of sp³-hybridized carbons (Fsp3) is 1.00. The van der Waals surface area contributed by atoms with E-state index in [-0.39, 0.29) is 0 Å². The van der Waals surface area contributed by atoms with Gasteiger partial charge in [0.05, 0.1) is 0 Å². The molecule has 0 aromatic carbocycles. The molecule has 1 aliphatic rings. The van der Waals surface area contributed by atoms with Crippen molar-refractivity contribution in [2.45, 2.75) is 61.4 Å². The van der Waals surface area contributed by atoms with Gasteiger partial charge >= 0.3 is 0 Å². The van der Waals surface area contributed by atoms with Gasteiger partial charge in [-0.3, -0.25) is 0 Å². The SMILES string of the molecule is CC.CC.CC1CN(C(C)C)CC1C. The molecule has 2 atom stereocenters. The standard InChI is InChI=1S/C9H19N.2C2H6/c1-7(2)10-5-8(3)9(4)6-10;2*1-2/h7-9H,5-6H2,1-4H3;2*1-2H3. The lowest BCUT2D eigenvalue weighted by Crippen LogP contribution is -2.28. The first-order valence-electron chi connectivity index (χ1n) is 6.35. The normalized spacial score (nSPS) is 26.4. The van der Waals surface area contributed by atoms with Crippen LogP contribution in [0.25, 0.3) is 0 Å². The average molecular weight is 201 g/mol. The molecule has 1 heterocycles. The highest BCUT2D eigenvalue weighted by atomic mass is 15.2. The zero-order chi connectivity index (χ0) is 11.7. The third-order valence-electron chi connectivity index (χ3n) is 2.75. The van der Waals surface area contributed by atoms with Crippen LogP contribution in [0.2, 0.25) is 0 Å². The van der Waals surface area contributed by atoms with Gasteiger partial charge in [0.15, 0.2) is 0 Å². The molecule has 1 aliphatic heterocycles. The van der Waals surface area contributed by atoms with Crippen molar-refractivity contribution in [1.82, 2.24) is 4.90 Å². The first-order valence-corrected chi connectivity index (χ1v) is 6.35. The maximum absolute atomic E-state index is 2.56. The Labute approximate surface area is 91.9 Å². The van der Waals surface area contributed by atoms with E-state index in [9.17, 15) is 0 Å². The molecule has 2 unspecified atom stereocenters. The van der Waals surface area contributed by atoms with Crippen molar-refractivity contribution in [3.8, 4) is 0 Å². The Morgan fingerprint density at radius 1 is 0.857 bits per heavy atom. The summed E-state index contributed by atoms with van der Waals surface area (Å²) in [5.41, 5.74) is 0. The van der Waals surface area contributed by atoms with Crippen LogP contribution in [0, 0.1) is 11.8 Å². The number of hydrogen-bond donors (Lipinski definition) is 0. The van der Waals surface area contributed by atoms with Crippen molar-refractivity contribution in [1.29, 1.82) is 0 Å². The highest BCUT2D eigenvalue weighted by molar-refractivity contribution is 4.80. The average Bonchev–Trinajstić information content (AvgIpc) is 2.54. The Bertz CT molecular complexity index is 99.8. The Morgan fingerprint density at radius 3 is 1.29 bits per heavy atom. The Balaban J connectivity index is 0. The van der Waals surface area contributed by atoms with Gasteiger partial charge in [-0.15, -0.1) is 0 Å². The van der Waals surface area contributed by atoms with Gasteiger partial charge in [-0.25, -0.2) is 0 Å². The molecule has 0 amide bonds. The molecule has 0 aliphatic carbocycles. The monoisotopic (exact) mass is 201 g/mol. The highest BCUT2D eigenvalue weighted by Gasteiger charge is 2.26. The van der Waals surface area contributed by atoms with Crippen molar-refractivity contribution < 1.29 is 0 Å². The van der Waals surface area contributed by atoms with Crippen LogP contribution in [-0.2, 0) is 0 Å². The van der Waals surface area contributed by atoms with E-state index in [1.54, 1.807) is 0 Å². The van der Waals surface area contributed by atoms with E-state index in [1.807, 2.05) is 27.7 Å². The Kier molecular flexibility index (Phi) is 11.1. The molecule has 1 heteroatoms. The first kappa shape index (κ1) is 16.4. The summed E-state index contributed by atoms with van der Waals surface area (Å²) in [5, 5.41) is 0. The molecule has 0 N–H and O–H groups in total. The van der Waals surface area contributed by atoms with E-state index in [0.717, 1.165) is 17.9 Å². The van der Waals surface area contributed by atoms with Crippen LogP contribution in [0.15, 0.2) is 0 Å². The molecule has 1 saturated heterocycles. The summed E-state index contributed by atoms with van der Waals surface area (Å²) in [5.74, 6) is 1.81. The van der Waals surface area contributed by atoms with Crippen molar-refractivity contribution in [2.75, 3.05) is 13.1 Å². The molecule has 0 saturated carbocycles. The van der Waals surface area contributed by atoms with Crippen LogP contribution in [-0.4, -0.2) is 24.0 Å². The van der Waals surface area contributed by atoms with E-state index >= 15 is 0 Å². The minimum atomic E-state index is 0.743. The van der Waals surface area contributed by atoms with Gasteiger partial charge in [0.2, 0.25) is 0 Å². The first-order chi connectivity index (χ1) is 6.61. The molecular weight excluding hydrogens is 170 g/mol. The summed E-state index contributed by atoms with van der Waals surface area (Å²) in [6, 6.07) is 0.743. The van der Waals surface area contributed by atoms with Gasteiger partial charge in [0.1, 0.15) is 0 Å². The summed E-state index contributed by atoms with van der Waals surface area (Å²) in [4.78, 5) is 2.56. The van der Waals surface area contributed by atoms with Crippen molar-refractivity contribution in [3.63, 3.8) is 0 Å².